The summed E-state index contributed by atoms with van der Waals surface area (Å²) in [5.74, 6) is 3.21. The average molecular weight is 244 g/mol. The van der Waals surface area contributed by atoms with E-state index >= 15 is 0 Å². The van der Waals surface area contributed by atoms with Crippen molar-refractivity contribution in [2.45, 2.75) is 18.9 Å². The molecule has 0 bridgehead atoms. The van der Waals surface area contributed by atoms with E-state index < -0.39 is 6.10 Å². The van der Waals surface area contributed by atoms with Crippen molar-refractivity contribution in [2.24, 2.45) is 5.92 Å². The Balaban J connectivity index is 2.08. The number of pyridine rings is 1. The molecule has 1 saturated carbocycles. The van der Waals surface area contributed by atoms with E-state index in [0.29, 0.717) is 17.3 Å². The van der Waals surface area contributed by atoms with Gasteiger partial charge in [-0.1, -0.05) is 5.92 Å². The third kappa shape index (κ3) is 2.80. The molecular formula is C14H16N2O2. The Morgan fingerprint density at radius 1 is 1.61 bits per heavy atom. The normalized spacial score (nSPS) is 15.6. The number of carbonyl (C=O) groups excluding carboxylic acids is 1. The number of terminal acetylenes is 1. The molecule has 0 spiro atoms. The van der Waals surface area contributed by atoms with Gasteiger partial charge in [-0.15, -0.1) is 6.42 Å². The molecule has 1 fully saturated rings. The van der Waals surface area contributed by atoms with E-state index in [9.17, 15) is 4.79 Å². The van der Waals surface area contributed by atoms with E-state index in [2.05, 4.69) is 10.9 Å². The molecule has 2 rings (SSSR count). The fourth-order valence-corrected chi connectivity index (χ4v) is 1.64. The lowest BCUT2D eigenvalue weighted by molar-refractivity contribution is 0.0374. The van der Waals surface area contributed by atoms with Crippen LogP contribution < -0.4 is 4.90 Å². The summed E-state index contributed by atoms with van der Waals surface area (Å²) in [6, 6.07) is 3.33. The number of anilines is 1. The van der Waals surface area contributed by atoms with Gasteiger partial charge < -0.3 is 9.64 Å². The van der Waals surface area contributed by atoms with E-state index in [-0.39, 0.29) is 5.97 Å². The van der Waals surface area contributed by atoms with Crippen LogP contribution in [0.3, 0.4) is 0 Å². The summed E-state index contributed by atoms with van der Waals surface area (Å²) in [7, 11) is 3.73. The Morgan fingerprint density at radius 3 is 2.89 bits per heavy atom. The van der Waals surface area contributed by atoms with Gasteiger partial charge in [-0.2, -0.15) is 0 Å². The summed E-state index contributed by atoms with van der Waals surface area (Å²) < 4.78 is 5.32. The van der Waals surface area contributed by atoms with Gasteiger partial charge in [0.15, 0.2) is 6.10 Å². The minimum absolute atomic E-state index is 0.342. The molecule has 1 unspecified atom stereocenters. The number of rotatable bonds is 4. The van der Waals surface area contributed by atoms with Crippen molar-refractivity contribution in [1.29, 1.82) is 0 Å². The maximum absolute atomic E-state index is 12.0. The molecule has 1 heterocycles. The van der Waals surface area contributed by atoms with E-state index in [1.54, 1.807) is 18.3 Å². The van der Waals surface area contributed by atoms with Crippen LogP contribution in [0.2, 0.25) is 0 Å². The molecule has 0 aromatic carbocycles. The third-order valence-electron chi connectivity index (χ3n) is 2.89. The Kier molecular flexibility index (Phi) is 3.52. The van der Waals surface area contributed by atoms with Crippen LogP contribution in [0.15, 0.2) is 18.3 Å². The van der Waals surface area contributed by atoms with Gasteiger partial charge >= 0.3 is 5.97 Å². The molecule has 18 heavy (non-hydrogen) atoms. The van der Waals surface area contributed by atoms with Gasteiger partial charge in [-0.3, -0.25) is 0 Å². The molecule has 4 heteroatoms. The van der Waals surface area contributed by atoms with Crippen molar-refractivity contribution < 1.29 is 9.53 Å². The summed E-state index contributed by atoms with van der Waals surface area (Å²) in [5.41, 5.74) is 0.481. The highest BCUT2D eigenvalue weighted by molar-refractivity contribution is 5.90. The van der Waals surface area contributed by atoms with Crippen LogP contribution in [0.1, 0.15) is 23.2 Å². The highest BCUT2D eigenvalue weighted by atomic mass is 16.5. The molecule has 1 aromatic rings. The zero-order chi connectivity index (χ0) is 13.1. The summed E-state index contributed by atoms with van der Waals surface area (Å²) in [6.45, 7) is 0. The number of aromatic nitrogens is 1. The Hall–Kier alpha value is -2.02. The largest absolute Gasteiger partial charge is 0.445 e. The second-order valence-electron chi connectivity index (χ2n) is 4.63. The predicted octanol–water partition coefficient (Wildman–Crippen LogP) is 1.72. The molecule has 0 radical (unpaired) electrons. The molecule has 1 aliphatic rings. The molecule has 0 amide bonds. The summed E-state index contributed by atoms with van der Waals surface area (Å²) >= 11 is 0. The standard InChI is InChI=1S/C14H16N2O2/c1-4-12(10-5-6-10)18-14(17)11-7-8-15-13(9-11)16(2)3/h1,7-10,12H,5-6H2,2-3H3. The number of esters is 1. The van der Waals surface area contributed by atoms with E-state index in [4.69, 9.17) is 11.2 Å². The number of hydrogen-bond donors (Lipinski definition) is 0. The van der Waals surface area contributed by atoms with Gasteiger partial charge in [0.25, 0.3) is 0 Å². The fourth-order valence-electron chi connectivity index (χ4n) is 1.64. The first-order chi connectivity index (χ1) is 8.61. The summed E-state index contributed by atoms with van der Waals surface area (Å²) in [6.07, 6.45) is 8.65. The van der Waals surface area contributed by atoms with Crippen molar-refractivity contribution in [2.75, 3.05) is 19.0 Å². The Labute approximate surface area is 107 Å². The lowest BCUT2D eigenvalue weighted by atomic mass is 10.2. The minimum atomic E-state index is -0.395. The molecule has 94 valence electrons. The minimum Gasteiger partial charge on any atom is -0.445 e. The molecule has 0 aliphatic heterocycles. The summed E-state index contributed by atoms with van der Waals surface area (Å²) in [5, 5.41) is 0. The van der Waals surface area contributed by atoms with Gasteiger partial charge in [0, 0.05) is 26.2 Å². The first-order valence-electron chi connectivity index (χ1n) is 5.92. The highest BCUT2D eigenvalue weighted by Gasteiger charge is 2.33. The highest BCUT2D eigenvalue weighted by Crippen LogP contribution is 2.34. The van der Waals surface area contributed by atoms with Gasteiger partial charge in [0.05, 0.1) is 5.56 Å². The van der Waals surface area contributed by atoms with Crippen LogP contribution in [-0.4, -0.2) is 31.2 Å². The number of hydrogen-bond acceptors (Lipinski definition) is 4. The zero-order valence-corrected chi connectivity index (χ0v) is 10.6. The number of nitrogens with zero attached hydrogens (tertiary/aromatic N) is 2. The second-order valence-corrected chi connectivity index (χ2v) is 4.63. The average Bonchev–Trinajstić information content (AvgIpc) is 3.20. The number of ether oxygens (including phenoxy) is 1. The van der Waals surface area contributed by atoms with Crippen molar-refractivity contribution in [1.82, 2.24) is 4.98 Å². The number of carbonyl (C=O) groups is 1. The lowest BCUT2D eigenvalue weighted by Crippen LogP contribution is -2.19. The lowest BCUT2D eigenvalue weighted by Gasteiger charge is -2.14. The molecule has 1 atom stereocenters. The van der Waals surface area contributed by atoms with Crippen molar-refractivity contribution in [3.05, 3.63) is 23.9 Å². The second kappa shape index (κ2) is 5.09. The molecule has 1 aliphatic carbocycles. The van der Waals surface area contributed by atoms with Crippen LogP contribution in [0.25, 0.3) is 0 Å². The predicted molar refractivity (Wildman–Crippen MR) is 69.3 cm³/mol. The SMILES string of the molecule is C#CC(OC(=O)c1ccnc(N(C)C)c1)C1CC1. The summed E-state index contributed by atoms with van der Waals surface area (Å²) in [4.78, 5) is 17.9. The third-order valence-corrected chi connectivity index (χ3v) is 2.89. The van der Waals surface area contributed by atoms with Gasteiger partial charge in [-0.05, 0) is 25.0 Å². The zero-order valence-electron chi connectivity index (χ0n) is 10.6. The van der Waals surface area contributed by atoms with Crippen LogP contribution in [0.4, 0.5) is 5.82 Å². The molecular weight excluding hydrogens is 228 g/mol. The quantitative estimate of drug-likeness (QED) is 0.597. The topological polar surface area (TPSA) is 42.4 Å². The van der Waals surface area contributed by atoms with Gasteiger partial charge in [-0.25, -0.2) is 9.78 Å². The van der Waals surface area contributed by atoms with Gasteiger partial charge in [0.1, 0.15) is 5.82 Å². The van der Waals surface area contributed by atoms with Crippen LogP contribution in [0.5, 0.6) is 0 Å². The van der Waals surface area contributed by atoms with Crippen molar-refractivity contribution >= 4 is 11.8 Å². The van der Waals surface area contributed by atoms with E-state index in [0.717, 1.165) is 12.8 Å². The monoisotopic (exact) mass is 244 g/mol. The fraction of sp³-hybridized carbons (Fsp3) is 0.429. The maximum atomic E-state index is 12.0. The molecule has 0 N–H and O–H groups in total. The molecule has 1 aromatic heterocycles. The van der Waals surface area contributed by atoms with Crippen molar-refractivity contribution in [3.63, 3.8) is 0 Å². The first kappa shape index (κ1) is 12.4. The van der Waals surface area contributed by atoms with E-state index in [1.807, 2.05) is 19.0 Å². The van der Waals surface area contributed by atoms with Crippen molar-refractivity contribution in [3.8, 4) is 12.3 Å². The smallest absolute Gasteiger partial charge is 0.339 e. The Morgan fingerprint density at radius 2 is 2.33 bits per heavy atom. The van der Waals surface area contributed by atoms with Crippen LogP contribution >= 0.6 is 0 Å². The Bertz CT molecular complexity index is 487. The van der Waals surface area contributed by atoms with Crippen LogP contribution in [-0.2, 0) is 4.74 Å². The maximum Gasteiger partial charge on any atom is 0.339 e. The van der Waals surface area contributed by atoms with Gasteiger partial charge in [0.2, 0.25) is 0 Å². The first-order valence-corrected chi connectivity index (χ1v) is 5.92. The molecule has 4 nitrogen and oxygen atoms in total. The van der Waals surface area contributed by atoms with Crippen LogP contribution in [0, 0.1) is 18.3 Å². The van der Waals surface area contributed by atoms with E-state index in [1.165, 1.54) is 0 Å². The molecule has 0 saturated heterocycles.